The number of halogens is 6. The van der Waals surface area contributed by atoms with Gasteiger partial charge in [-0.2, -0.15) is 26.3 Å². The highest BCUT2D eigenvalue weighted by Gasteiger charge is 2.75. The van der Waals surface area contributed by atoms with E-state index in [1.807, 2.05) is 0 Å². The third-order valence-electron chi connectivity index (χ3n) is 2.56. The Morgan fingerprint density at radius 2 is 1.48 bits per heavy atom. The topological polar surface area (TPSA) is 66.4 Å². The van der Waals surface area contributed by atoms with Crippen molar-refractivity contribution in [2.45, 2.75) is 38.2 Å². The van der Waals surface area contributed by atoms with Gasteiger partial charge in [0.2, 0.25) is 0 Å². The Balaban J connectivity index is 5.71. The third kappa shape index (κ3) is 3.88. The number of aliphatic carboxylic acids is 1. The number of rotatable bonds is 5. The van der Waals surface area contributed by atoms with Crippen LogP contribution in [0.2, 0.25) is 0 Å². The van der Waals surface area contributed by atoms with Crippen LogP contribution in [0.4, 0.5) is 26.3 Å². The first-order chi connectivity index (χ1) is 9.16. The zero-order chi connectivity index (χ0) is 17.2. The van der Waals surface area contributed by atoms with Crippen LogP contribution in [-0.4, -0.2) is 29.9 Å². The molecular weight excluding hydrogens is 310 g/mol. The van der Waals surface area contributed by atoms with Gasteiger partial charge in [0.15, 0.2) is 0 Å². The van der Waals surface area contributed by atoms with Crippen LogP contribution >= 0.6 is 0 Å². The monoisotopic (exact) mass is 321 g/mol. The van der Waals surface area contributed by atoms with Gasteiger partial charge >= 0.3 is 23.9 Å². The van der Waals surface area contributed by atoms with Gasteiger partial charge < -0.3 is 14.6 Å². The number of carboxylic acid groups (broad SMARTS) is 1. The van der Waals surface area contributed by atoms with Gasteiger partial charge in [0.05, 0.1) is 0 Å². The van der Waals surface area contributed by atoms with Crippen LogP contribution in [0.25, 0.3) is 0 Å². The summed E-state index contributed by atoms with van der Waals surface area (Å²) in [6.45, 7) is 3.90. The molecule has 0 aliphatic carbocycles. The Bertz CT molecular complexity index is 421. The summed E-state index contributed by atoms with van der Waals surface area (Å²) in [6.07, 6.45) is -13.1. The average molecular weight is 321 g/mol. The summed E-state index contributed by atoms with van der Waals surface area (Å²) in [6, 6.07) is 0. The molecule has 122 valence electrons. The van der Waals surface area contributed by atoms with Crippen molar-refractivity contribution in [1.82, 2.24) is 0 Å². The number of alkyl halides is 6. The minimum atomic E-state index is -5.95. The summed E-state index contributed by atoms with van der Waals surface area (Å²) in [5.41, 5.74) is -5.85. The first kappa shape index (κ1) is 19.3. The van der Waals surface area contributed by atoms with E-state index < -0.39 is 47.8 Å². The molecule has 0 rings (SSSR count). The Kier molecular flexibility index (Phi) is 5.45. The molecule has 10 heteroatoms. The summed E-state index contributed by atoms with van der Waals surface area (Å²) < 4.78 is 80.7. The summed E-state index contributed by atoms with van der Waals surface area (Å²) in [4.78, 5) is 21.5. The highest BCUT2D eigenvalue weighted by molar-refractivity contribution is 5.92. The molecule has 0 aliphatic heterocycles. The molecular formula is C11H11F6O4-. The van der Waals surface area contributed by atoms with Crippen LogP contribution < -0.4 is 5.11 Å². The summed E-state index contributed by atoms with van der Waals surface area (Å²) >= 11 is 0. The van der Waals surface area contributed by atoms with Crippen LogP contribution in [0.1, 0.15) is 20.3 Å². The molecule has 0 saturated heterocycles. The fourth-order valence-corrected chi connectivity index (χ4v) is 1.51. The van der Waals surface area contributed by atoms with Crippen molar-refractivity contribution < 1.29 is 45.8 Å². The van der Waals surface area contributed by atoms with Gasteiger partial charge in [-0.3, -0.25) is 0 Å². The lowest BCUT2D eigenvalue weighted by atomic mass is 9.88. The summed E-state index contributed by atoms with van der Waals surface area (Å²) in [7, 11) is 0. The molecule has 0 saturated carbocycles. The van der Waals surface area contributed by atoms with Crippen LogP contribution in [0.15, 0.2) is 12.2 Å². The van der Waals surface area contributed by atoms with E-state index in [0.717, 1.165) is 0 Å². The normalized spacial score (nSPS) is 13.2. The molecule has 0 unspecified atom stereocenters. The van der Waals surface area contributed by atoms with Crippen LogP contribution in [-0.2, 0) is 14.3 Å². The predicted octanol–water partition coefficient (Wildman–Crippen LogP) is 1.75. The number of carbonyl (C=O) groups is 2. The smallest absolute Gasteiger partial charge is 0.437 e. The minimum absolute atomic E-state index is 0.565. The van der Waals surface area contributed by atoms with Crippen molar-refractivity contribution in [1.29, 1.82) is 0 Å². The quantitative estimate of drug-likeness (QED) is 0.439. The van der Waals surface area contributed by atoms with Crippen molar-refractivity contribution in [2.24, 2.45) is 5.92 Å². The minimum Gasteiger partial charge on any atom is -0.550 e. The molecule has 4 nitrogen and oxygen atoms in total. The first-order valence-corrected chi connectivity index (χ1v) is 5.41. The van der Waals surface area contributed by atoms with Crippen LogP contribution in [0.3, 0.4) is 0 Å². The van der Waals surface area contributed by atoms with E-state index in [1.54, 1.807) is 0 Å². The second-order valence-corrected chi connectivity index (χ2v) is 4.43. The molecule has 0 heterocycles. The second-order valence-electron chi connectivity index (χ2n) is 4.43. The summed E-state index contributed by atoms with van der Waals surface area (Å²) in [5.74, 6) is -6.20. The SMILES string of the molecule is C=C(CC(=O)[O-])C(=O)OC(C(C)C)(C(F)(F)F)C(F)(F)F. The van der Waals surface area contributed by atoms with E-state index in [0.29, 0.717) is 13.8 Å². The van der Waals surface area contributed by atoms with Gasteiger partial charge in [-0.15, -0.1) is 0 Å². The Hall–Kier alpha value is -1.74. The third-order valence-corrected chi connectivity index (χ3v) is 2.56. The van der Waals surface area contributed by atoms with Crippen molar-refractivity contribution in [3.05, 3.63) is 12.2 Å². The number of carboxylic acids is 1. The maximum Gasteiger partial charge on any atom is 0.437 e. The van der Waals surface area contributed by atoms with Crippen molar-refractivity contribution >= 4 is 11.9 Å². The zero-order valence-corrected chi connectivity index (χ0v) is 10.9. The van der Waals surface area contributed by atoms with Gasteiger partial charge in [0.25, 0.3) is 0 Å². The van der Waals surface area contributed by atoms with Gasteiger partial charge in [-0.05, 0) is 0 Å². The van der Waals surface area contributed by atoms with Crippen LogP contribution in [0.5, 0.6) is 0 Å². The molecule has 0 radical (unpaired) electrons. The van der Waals surface area contributed by atoms with Crippen molar-refractivity contribution in [3.63, 3.8) is 0 Å². The fourth-order valence-electron chi connectivity index (χ4n) is 1.51. The predicted molar refractivity (Wildman–Crippen MR) is 54.5 cm³/mol. The van der Waals surface area contributed by atoms with E-state index in [1.165, 1.54) is 0 Å². The second kappa shape index (κ2) is 5.94. The molecule has 0 fully saturated rings. The first-order valence-electron chi connectivity index (χ1n) is 5.41. The largest absolute Gasteiger partial charge is 0.550 e. The summed E-state index contributed by atoms with van der Waals surface area (Å²) in [5, 5.41) is 10.2. The zero-order valence-electron chi connectivity index (χ0n) is 10.9. The number of carbonyl (C=O) groups excluding carboxylic acids is 2. The maximum atomic E-state index is 12.9. The van der Waals surface area contributed by atoms with Gasteiger partial charge in [0, 0.05) is 23.9 Å². The molecule has 0 aromatic heterocycles. The van der Waals surface area contributed by atoms with Crippen molar-refractivity contribution in [2.75, 3.05) is 0 Å². The van der Waals surface area contributed by atoms with E-state index >= 15 is 0 Å². The van der Waals surface area contributed by atoms with Gasteiger partial charge in [-0.1, -0.05) is 20.4 Å². The number of hydrogen-bond acceptors (Lipinski definition) is 4. The lowest BCUT2D eigenvalue weighted by molar-refractivity contribution is -0.382. The van der Waals surface area contributed by atoms with E-state index in [9.17, 15) is 41.0 Å². The Morgan fingerprint density at radius 3 is 1.71 bits per heavy atom. The van der Waals surface area contributed by atoms with Gasteiger partial charge in [0.1, 0.15) is 0 Å². The van der Waals surface area contributed by atoms with Crippen molar-refractivity contribution in [3.8, 4) is 0 Å². The fraction of sp³-hybridized carbons (Fsp3) is 0.636. The van der Waals surface area contributed by atoms with E-state index in [2.05, 4.69) is 11.3 Å². The molecule has 0 spiro atoms. The molecule has 21 heavy (non-hydrogen) atoms. The lowest BCUT2D eigenvalue weighted by Crippen LogP contribution is -2.63. The molecule has 0 aromatic carbocycles. The van der Waals surface area contributed by atoms with Gasteiger partial charge in [-0.25, -0.2) is 4.79 Å². The highest BCUT2D eigenvalue weighted by atomic mass is 19.4. The standard InChI is InChI=1S/C11H12F6O4/c1-5(2)9(10(12,13)14,11(15,16)17)21-8(20)6(3)4-7(18)19/h5H,3-4H2,1-2H3,(H,18,19)/p-1. The molecule has 0 aliphatic rings. The highest BCUT2D eigenvalue weighted by Crippen LogP contribution is 2.50. The van der Waals surface area contributed by atoms with E-state index in [-0.39, 0.29) is 0 Å². The van der Waals surface area contributed by atoms with E-state index in [4.69, 9.17) is 0 Å². The van der Waals surface area contributed by atoms with Crippen LogP contribution in [0, 0.1) is 5.92 Å². The molecule has 0 amide bonds. The Morgan fingerprint density at radius 1 is 1.10 bits per heavy atom. The lowest BCUT2D eigenvalue weighted by Gasteiger charge is -2.39. The number of esters is 1. The average Bonchev–Trinajstić information content (AvgIpc) is 2.19. The number of ether oxygens (including phenoxy) is 1. The molecule has 0 bridgehead atoms. The Labute approximate surface area is 115 Å². The molecule has 0 atom stereocenters. The molecule has 0 N–H and O–H groups in total. The maximum absolute atomic E-state index is 12.9. The number of hydrogen-bond donors (Lipinski definition) is 0. The molecule has 0 aromatic rings.